The molecule has 0 bridgehead atoms. The fourth-order valence-corrected chi connectivity index (χ4v) is 4.26. The van der Waals surface area contributed by atoms with E-state index in [1.807, 2.05) is 35.2 Å². The molecular weight excluding hydrogens is 355 g/mol. The van der Waals surface area contributed by atoms with Gasteiger partial charge < -0.3 is 4.90 Å². The highest BCUT2D eigenvalue weighted by Crippen LogP contribution is 2.45. The standard InChI is InChI=1S/C20H22F3N3O/c21-20(22,23)17-9-13-26(24-17)16-8-4-12-25(14-16)18(27)19(10-5-11-19)15-6-2-1-3-7-15/h1-3,6-7,9,13,16H,4-5,8,10-12,14H2. The van der Waals surface area contributed by atoms with Crippen LogP contribution in [0, 0.1) is 0 Å². The summed E-state index contributed by atoms with van der Waals surface area (Å²) in [6, 6.07) is 10.6. The van der Waals surface area contributed by atoms with Crippen molar-refractivity contribution in [2.45, 2.75) is 49.7 Å². The van der Waals surface area contributed by atoms with Crippen molar-refractivity contribution < 1.29 is 18.0 Å². The lowest BCUT2D eigenvalue weighted by Gasteiger charge is -2.46. The van der Waals surface area contributed by atoms with Gasteiger partial charge >= 0.3 is 6.18 Å². The minimum Gasteiger partial charge on any atom is -0.340 e. The first-order valence-electron chi connectivity index (χ1n) is 9.37. The van der Waals surface area contributed by atoms with Crippen LogP contribution in [0.15, 0.2) is 42.6 Å². The zero-order valence-electron chi connectivity index (χ0n) is 15.0. The van der Waals surface area contributed by atoms with E-state index in [9.17, 15) is 18.0 Å². The molecular formula is C20H22F3N3O. The maximum absolute atomic E-state index is 13.4. The number of carbonyl (C=O) groups is 1. The molecule has 2 fully saturated rings. The quantitative estimate of drug-likeness (QED) is 0.805. The maximum Gasteiger partial charge on any atom is 0.435 e. The van der Waals surface area contributed by atoms with Crippen LogP contribution in [0.1, 0.15) is 49.4 Å². The van der Waals surface area contributed by atoms with Gasteiger partial charge in [-0.05, 0) is 37.3 Å². The number of carbonyl (C=O) groups excluding carboxylic acids is 1. The number of benzene rings is 1. The number of hydrogen-bond donors (Lipinski definition) is 0. The maximum atomic E-state index is 13.4. The molecule has 2 heterocycles. The van der Waals surface area contributed by atoms with Gasteiger partial charge in [-0.15, -0.1) is 0 Å². The van der Waals surface area contributed by atoms with E-state index in [0.717, 1.165) is 43.7 Å². The lowest BCUT2D eigenvalue weighted by molar-refractivity contribution is -0.144. The van der Waals surface area contributed by atoms with Crippen molar-refractivity contribution >= 4 is 5.91 Å². The van der Waals surface area contributed by atoms with Gasteiger partial charge in [-0.25, -0.2) is 0 Å². The van der Waals surface area contributed by atoms with Crippen LogP contribution in [0.25, 0.3) is 0 Å². The van der Waals surface area contributed by atoms with E-state index in [-0.39, 0.29) is 11.9 Å². The number of likely N-dealkylation sites (tertiary alicyclic amines) is 1. The number of hydrogen-bond acceptors (Lipinski definition) is 2. The molecule has 1 atom stereocenters. The average Bonchev–Trinajstić information content (AvgIpc) is 3.12. The lowest BCUT2D eigenvalue weighted by Crippen LogP contribution is -2.53. The Kier molecular flexibility index (Phi) is 4.48. The summed E-state index contributed by atoms with van der Waals surface area (Å²) in [4.78, 5) is 15.2. The molecule has 1 aliphatic heterocycles. The van der Waals surface area contributed by atoms with Crippen LogP contribution in [0.4, 0.5) is 13.2 Å². The number of piperidine rings is 1. The minimum atomic E-state index is -4.45. The van der Waals surface area contributed by atoms with Crippen molar-refractivity contribution in [2.24, 2.45) is 0 Å². The Morgan fingerprint density at radius 1 is 1.11 bits per heavy atom. The zero-order valence-corrected chi connectivity index (χ0v) is 15.0. The van der Waals surface area contributed by atoms with E-state index in [2.05, 4.69) is 5.10 Å². The number of amides is 1. The summed E-state index contributed by atoms with van der Waals surface area (Å²) in [6.45, 7) is 1.06. The number of alkyl halides is 3. The number of halogens is 3. The zero-order chi connectivity index (χ0) is 19.1. The van der Waals surface area contributed by atoms with Crippen molar-refractivity contribution in [1.29, 1.82) is 0 Å². The van der Waals surface area contributed by atoms with Crippen LogP contribution in [0.2, 0.25) is 0 Å². The Hall–Kier alpha value is -2.31. The van der Waals surface area contributed by atoms with Gasteiger partial charge in [0.15, 0.2) is 5.69 Å². The Labute approximate surface area is 156 Å². The van der Waals surface area contributed by atoms with Crippen molar-refractivity contribution in [3.05, 3.63) is 53.9 Å². The van der Waals surface area contributed by atoms with Gasteiger partial charge in [0.2, 0.25) is 5.91 Å². The second kappa shape index (κ2) is 6.69. The van der Waals surface area contributed by atoms with Gasteiger partial charge in [-0.1, -0.05) is 36.8 Å². The summed E-state index contributed by atoms with van der Waals surface area (Å²) in [7, 11) is 0. The monoisotopic (exact) mass is 377 g/mol. The molecule has 1 aromatic heterocycles. The summed E-state index contributed by atoms with van der Waals surface area (Å²) in [6.07, 6.45) is 1.10. The van der Waals surface area contributed by atoms with E-state index in [1.165, 1.54) is 10.9 Å². The third-order valence-corrected chi connectivity index (χ3v) is 5.90. The summed E-state index contributed by atoms with van der Waals surface area (Å²) in [5, 5.41) is 3.71. The second-order valence-corrected chi connectivity index (χ2v) is 7.53. The van der Waals surface area contributed by atoms with E-state index in [1.54, 1.807) is 0 Å². The highest BCUT2D eigenvalue weighted by molar-refractivity contribution is 5.89. The molecule has 1 amide bonds. The summed E-state index contributed by atoms with van der Waals surface area (Å²) in [5.41, 5.74) is -0.308. The Balaban J connectivity index is 1.53. The third-order valence-electron chi connectivity index (χ3n) is 5.90. The first-order valence-corrected chi connectivity index (χ1v) is 9.37. The molecule has 4 nitrogen and oxygen atoms in total. The fourth-order valence-electron chi connectivity index (χ4n) is 4.26. The van der Waals surface area contributed by atoms with Crippen molar-refractivity contribution in [3.63, 3.8) is 0 Å². The van der Waals surface area contributed by atoms with Crippen molar-refractivity contribution in [3.8, 4) is 0 Å². The van der Waals surface area contributed by atoms with Crippen LogP contribution in [0.3, 0.4) is 0 Å². The van der Waals surface area contributed by atoms with Crippen LogP contribution < -0.4 is 0 Å². The van der Waals surface area contributed by atoms with E-state index >= 15 is 0 Å². The second-order valence-electron chi connectivity index (χ2n) is 7.53. The highest BCUT2D eigenvalue weighted by Gasteiger charge is 2.48. The Morgan fingerprint density at radius 3 is 2.44 bits per heavy atom. The minimum absolute atomic E-state index is 0.104. The number of rotatable bonds is 3. The third kappa shape index (κ3) is 3.24. The predicted molar refractivity (Wildman–Crippen MR) is 94.1 cm³/mol. The van der Waals surface area contributed by atoms with Crippen LogP contribution >= 0.6 is 0 Å². The smallest absolute Gasteiger partial charge is 0.340 e. The Morgan fingerprint density at radius 2 is 1.85 bits per heavy atom. The van der Waals surface area contributed by atoms with Gasteiger partial charge in [0.25, 0.3) is 0 Å². The SMILES string of the molecule is O=C(N1CCCC(n2ccc(C(F)(F)F)n2)C1)C1(c2ccccc2)CCC1. The largest absolute Gasteiger partial charge is 0.435 e. The van der Waals surface area contributed by atoms with Crippen LogP contribution in [-0.4, -0.2) is 33.7 Å². The summed E-state index contributed by atoms with van der Waals surface area (Å²) in [5.74, 6) is 0.104. The van der Waals surface area contributed by atoms with Gasteiger partial charge in [0.1, 0.15) is 0 Å². The molecule has 2 aromatic rings. The molecule has 0 spiro atoms. The molecule has 1 unspecified atom stereocenters. The first kappa shape index (κ1) is 18.1. The molecule has 1 saturated heterocycles. The highest BCUT2D eigenvalue weighted by atomic mass is 19.4. The molecule has 1 saturated carbocycles. The first-order chi connectivity index (χ1) is 12.9. The van der Waals surface area contributed by atoms with Crippen LogP contribution in [-0.2, 0) is 16.4 Å². The molecule has 4 rings (SSSR count). The predicted octanol–water partition coefficient (Wildman–Crippen LogP) is 4.19. The molecule has 144 valence electrons. The number of nitrogens with zero attached hydrogens (tertiary/aromatic N) is 3. The van der Waals surface area contributed by atoms with Gasteiger partial charge in [-0.2, -0.15) is 18.3 Å². The molecule has 0 radical (unpaired) electrons. The molecule has 7 heteroatoms. The van der Waals surface area contributed by atoms with Gasteiger partial charge in [0, 0.05) is 19.3 Å². The van der Waals surface area contributed by atoms with E-state index in [4.69, 9.17) is 0 Å². The topological polar surface area (TPSA) is 38.1 Å². The average molecular weight is 377 g/mol. The lowest BCUT2D eigenvalue weighted by atomic mass is 9.63. The molecule has 1 aromatic carbocycles. The number of aromatic nitrogens is 2. The van der Waals surface area contributed by atoms with Crippen molar-refractivity contribution in [1.82, 2.24) is 14.7 Å². The molecule has 0 N–H and O–H groups in total. The van der Waals surface area contributed by atoms with Gasteiger partial charge in [-0.3, -0.25) is 9.48 Å². The van der Waals surface area contributed by atoms with E-state index in [0.29, 0.717) is 13.1 Å². The molecule has 1 aliphatic carbocycles. The fraction of sp³-hybridized carbons (Fsp3) is 0.500. The summed E-state index contributed by atoms with van der Waals surface area (Å²) < 4.78 is 39.9. The Bertz CT molecular complexity index is 811. The van der Waals surface area contributed by atoms with E-state index < -0.39 is 17.3 Å². The van der Waals surface area contributed by atoms with Crippen molar-refractivity contribution in [2.75, 3.05) is 13.1 Å². The van der Waals surface area contributed by atoms with Gasteiger partial charge in [0.05, 0.1) is 11.5 Å². The molecule has 2 aliphatic rings. The summed E-state index contributed by atoms with van der Waals surface area (Å²) >= 11 is 0. The van der Waals surface area contributed by atoms with Crippen LogP contribution in [0.5, 0.6) is 0 Å². The normalized spacial score (nSPS) is 22.3. The molecule has 27 heavy (non-hydrogen) atoms.